The van der Waals surface area contributed by atoms with Crippen LogP contribution < -0.4 is 30.1 Å². The van der Waals surface area contributed by atoms with Gasteiger partial charge in [-0.25, -0.2) is 0 Å². The fraction of sp³-hybridized carbons (Fsp3) is 0.217. The average molecular weight is 392 g/mol. The molecule has 0 unspecified atom stereocenters. The van der Waals surface area contributed by atoms with Gasteiger partial charge in [0, 0.05) is 23.8 Å². The Morgan fingerprint density at radius 2 is 0.929 bits per heavy atom. The van der Waals surface area contributed by atoms with E-state index in [4.69, 9.17) is 18.9 Å². The van der Waals surface area contributed by atoms with Crippen molar-refractivity contribution in [2.45, 2.75) is 5.60 Å². The molecule has 0 saturated carbocycles. The van der Waals surface area contributed by atoms with Crippen molar-refractivity contribution in [3.8, 4) is 17.2 Å². The van der Waals surface area contributed by atoms with Gasteiger partial charge in [0.2, 0.25) is 0 Å². The monoisotopic (exact) mass is 392 g/mol. The first-order valence-corrected chi connectivity index (χ1v) is 10.4. The Morgan fingerprint density at radius 1 is 0.571 bits per heavy atom. The Hall–Kier alpha value is -2.55. The molecular weight excluding hydrogens is 371 g/mol. The first-order valence-electron chi connectivity index (χ1n) is 9.10. The van der Waals surface area contributed by atoms with Crippen molar-refractivity contribution in [1.29, 1.82) is 0 Å². The van der Waals surface area contributed by atoms with Gasteiger partial charge >= 0.3 is 0 Å². The molecule has 0 atom stereocenters. The van der Waals surface area contributed by atoms with Crippen LogP contribution in [0.25, 0.3) is 0 Å². The number of ether oxygens (including phenoxy) is 4. The average Bonchev–Trinajstić information content (AvgIpc) is 2.77. The van der Waals surface area contributed by atoms with Crippen LogP contribution in [0, 0.1) is 0 Å². The highest BCUT2D eigenvalue weighted by molar-refractivity contribution is 7.80. The molecule has 0 N–H and O–H groups in total. The van der Waals surface area contributed by atoms with Crippen LogP contribution >= 0.6 is 7.92 Å². The largest absolute Gasteiger partial charge is 0.496 e. The van der Waals surface area contributed by atoms with Gasteiger partial charge in [-0.2, -0.15) is 0 Å². The Balaban J connectivity index is 2.02. The summed E-state index contributed by atoms with van der Waals surface area (Å²) in [7, 11) is 6.10. The van der Waals surface area contributed by atoms with Crippen LogP contribution in [0.4, 0.5) is 0 Å². The molecule has 4 nitrogen and oxygen atoms in total. The van der Waals surface area contributed by atoms with Crippen LogP contribution in [0.3, 0.4) is 0 Å². The van der Waals surface area contributed by atoms with Gasteiger partial charge in [0.05, 0.1) is 21.3 Å². The fourth-order valence-corrected chi connectivity index (χ4v) is 7.72. The first kappa shape index (κ1) is 17.5. The summed E-state index contributed by atoms with van der Waals surface area (Å²) >= 11 is 0. The third kappa shape index (κ3) is 1.92. The minimum absolute atomic E-state index is 0.774. The number of methoxy groups -OCH3 is 4. The first-order chi connectivity index (χ1) is 13.7. The summed E-state index contributed by atoms with van der Waals surface area (Å²) in [5.74, 6) is 2.46. The summed E-state index contributed by atoms with van der Waals surface area (Å²) < 4.78 is 23.9. The molecule has 0 fully saturated rings. The second-order valence-electron chi connectivity index (χ2n) is 6.78. The van der Waals surface area contributed by atoms with E-state index in [9.17, 15) is 0 Å². The number of hydrogen-bond donors (Lipinski definition) is 0. The predicted octanol–water partition coefficient (Wildman–Crippen LogP) is 3.04. The quantitative estimate of drug-likeness (QED) is 0.640. The Labute approximate surface area is 165 Å². The lowest BCUT2D eigenvalue weighted by molar-refractivity contribution is 0.0534. The molecule has 0 aromatic heterocycles. The zero-order chi connectivity index (χ0) is 19.5. The predicted molar refractivity (Wildman–Crippen MR) is 112 cm³/mol. The molecule has 0 radical (unpaired) electrons. The van der Waals surface area contributed by atoms with Crippen molar-refractivity contribution in [3.05, 3.63) is 71.3 Å². The molecule has 0 aliphatic carbocycles. The molecule has 3 aromatic rings. The van der Waals surface area contributed by atoms with E-state index in [1.807, 2.05) is 18.2 Å². The minimum atomic E-state index is -0.858. The van der Waals surface area contributed by atoms with Crippen molar-refractivity contribution >= 4 is 23.8 Å². The highest BCUT2D eigenvalue weighted by Crippen LogP contribution is 2.61. The Morgan fingerprint density at radius 3 is 1.21 bits per heavy atom. The molecule has 5 heteroatoms. The SMILES string of the molecule is COc1cccc2c1C1(OC)c3c(OC)cccc3P2c2cccc(OC)c21. The third-order valence-electron chi connectivity index (χ3n) is 5.76. The van der Waals surface area contributed by atoms with E-state index in [0.717, 1.165) is 33.9 Å². The smallest absolute Gasteiger partial charge is 0.155 e. The van der Waals surface area contributed by atoms with E-state index in [0.29, 0.717) is 0 Å². The third-order valence-corrected chi connectivity index (χ3v) is 8.32. The number of benzene rings is 3. The molecule has 0 saturated heterocycles. The molecule has 3 aliphatic heterocycles. The maximum Gasteiger partial charge on any atom is 0.155 e. The van der Waals surface area contributed by atoms with Crippen LogP contribution in [0.15, 0.2) is 54.6 Å². The molecule has 6 rings (SSSR count). The van der Waals surface area contributed by atoms with Crippen LogP contribution in [0.5, 0.6) is 17.2 Å². The molecule has 0 spiro atoms. The second-order valence-corrected chi connectivity index (χ2v) is 8.90. The molecule has 3 aliphatic rings. The molecular formula is C23H21O4P. The summed E-state index contributed by atoms with van der Waals surface area (Å²) in [4.78, 5) is 0. The van der Waals surface area contributed by atoms with Gasteiger partial charge in [0.25, 0.3) is 0 Å². The molecule has 142 valence electrons. The Kier molecular flexibility index (Phi) is 3.90. The van der Waals surface area contributed by atoms with Gasteiger partial charge in [0.15, 0.2) is 5.60 Å². The molecule has 28 heavy (non-hydrogen) atoms. The normalized spacial score (nSPS) is 20.8. The maximum absolute atomic E-state index is 6.44. The highest BCUT2D eigenvalue weighted by atomic mass is 31.1. The van der Waals surface area contributed by atoms with Crippen molar-refractivity contribution in [3.63, 3.8) is 0 Å². The van der Waals surface area contributed by atoms with Crippen LogP contribution in [0.1, 0.15) is 16.7 Å². The summed E-state index contributed by atoms with van der Waals surface area (Å²) in [5.41, 5.74) is 2.31. The van der Waals surface area contributed by atoms with Gasteiger partial charge in [-0.3, -0.25) is 0 Å². The van der Waals surface area contributed by atoms with Gasteiger partial charge < -0.3 is 18.9 Å². The standard InChI is InChI=1S/C23H21O4P/c1-24-14-8-5-11-17-20(14)23(27-4)21-15(25-2)9-6-12-18(21)28(17)19-13-7-10-16(26-3)22(19)23/h5-13H,1-4H3. The van der Waals surface area contributed by atoms with Crippen molar-refractivity contribution in [1.82, 2.24) is 0 Å². The number of rotatable bonds is 4. The Bertz CT molecular complexity index is 957. The van der Waals surface area contributed by atoms with E-state index < -0.39 is 13.5 Å². The zero-order valence-electron chi connectivity index (χ0n) is 16.3. The molecule has 3 heterocycles. The second kappa shape index (κ2) is 6.23. The molecule has 2 bridgehead atoms. The fourth-order valence-electron chi connectivity index (χ4n) is 4.76. The van der Waals surface area contributed by atoms with Gasteiger partial charge in [0.1, 0.15) is 17.2 Å². The maximum atomic E-state index is 6.44. The van der Waals surface area contributed by atoms with Crippen LogP contribution in [0.2, 0.25) is 0 Å². The van der Waals surface area contributed by atoms with Crippen LogP contribution in [-0.2, 0) is 10.3 Å². The minimum Gasteiger partial charge on any atom is -0.496 e. The molecule has 0 amide bonds. The van der Waals surface area contributed by atoms with Crippen LogP contribution in [-0.4, -0.2) is 28.4 Å². The lowest BCUT2D eigenvalue weighted by atomic mass is 9.77. The zero-order valence-corrected chi connectivity index (χ0v) is 17.2. The van der Waals surface area contributed by atoms with Gasteiger partial charge in [-0.15, -0.1) is 0 Å². The number of hydrogen-bond acceptors (Lipinski definition) is 4. The van der Waals surface area contributed by atoms with E-state index >= 15 is 0 Å². The van der Waals surface area contributed by atoms with Crippen molar-refractivity contribution < 1.29 is 18.9 Å². The summed E-state index contributed by atoms with van der Waals surface area (Å²) in [6.45, 7) is 0. The van der Waals surface area contributed by atoms with E-state index in [1.165, 1.54) is 15.9 Å². The van der Waals surface area contributed by atoms with Crippen molar-refractivity contribution in [2.75, 3.05) is 28.4 Å². The highest BCUT2D eigenvalue weighted by Gasteiger charge is 2.57. The topological polar surface area (TPSA) is 36.9 Å². The van der Waals surface area contributed by atoms with Crippen molar-refractivity contribution in [2.24, 2.45) is 0 Å². The van der Waals surface area contributed by atoms with E-state index in [1.54, 1.807) is 28.4 Å². The lowest BCUT2D eigenvalue weighted by Gasteiger charge is -2.50. The lowest BCUT2D eigenvalue weighted by Crippen LogP contribution is -2.53. The molecule has 3 aromatic carbocycles. The summed E-state index contributed by atoms with van der Waals surface area (Å²) in [6.07, 6.45) is 0. The summed E-state index contributed by atoms with van der Waals surface area (Å²) in [5, 5.41) is 3.79. The van der Waals surface area contributed by atoms with E-state index in [2.05, 4.69) is 36.4 Å². The van der Waals surface area contributed by atoms with Gasteiger partial charge in [-0.05, 0) is 42.0 Å². The summed E-state index contributed by atoms with van der Waals surface area (Å²) in [6, 6.07) is 18.8. The van der Waals surface area contributed by atoms with Gasteiger partial charge in [-0.1, -0.05) is 36.4 Å². The van der Waals surface area contributed by atoms with E-state index in [-0.39, 0.29) is 0 Å².